The van der Waals surface area contributed by atoms with Gasteiger partial charge in [-0.1, -0.05) is 12.1 Å². The van der Waals surface area contributed by atoms with Crippen LogP contribution in [-0.2, 0) is 0 Å². The van der Waals surface area contributed by atoms with Gasteiger partial charge in [0.2, 0.25) is 11.6 Å². The molecule has 24 heavy (non-hydrogen) atoms. The van der Waals surface area contributed by atoms with Gasteiger partial charge in [0.05, 0.1) is 7.11 Å². The first-order valence-corrected chi connectivity index (χ1v) is 6.88. The van der Waals surface area contributed by atoms with Crippen molar-refractivity contribution in [2.75, 3.05) is 7.11 Å². The molecule has 8 heteroatoms. The van der Waals surface area contributed by atoms with Crippen LogP contribution in [0.15, 0.2) is 53.4 Å². The van der Waals surface area contributed by atoms with Crippen molar-refractivity contribution in [3.05, 3.63) is 60.6 Å². The fourth-order valence-electron chi connectivity index (χ4n) is 1.92. The molecule has 2 N–H and O–H groups in total. The Labute approximate surface area is 136 Å². The fourth-order valence-corrected chi connectivity index (χ4v) is 1.92. The minimum Gasteiger partial charge on any atom is -0.504 e. The van der Waals surface area contributed by atoms with Crippen molar-refractivity contribution in [2.24, 2.45) is 0 Å². The molecule has 0 atom stereocenters. The number of nitrogens with one attached hydrogen (secondary N) is 1. The van der Waals surface area contributed by atoms with E-state index in [0.717, 1.165) is 6.08 Å². The molecule has 3 aromatic rings. The van der Waals surface area contributed by atoms with E-state index in [0.29, 0.717) is 17.2 Å². The van der Waals surface area contributed by atoms with E-state index in [4.69, 9.17) is 13.9 Å². The summed E-state index contributed by atoms with van der Waals surface area (Å²) in [5.74, 6) is 0.459. The number of H-pyrrole nitrogens is 1. The minimum atomic E-state index is -0.549. The van der Waals surface area contributed by atoms with Gasteiger partial charge >= 0.3 is 0 Å². The number of benzene rings is 1. The van der Waals surface area contributed by atoms with Gasteiger partial charge in [-0.25, -0.2) is 4.98 Å². The van der Waals surface area contributed by atoms with Gasteiger partial charge in [-0.05, 0) is 12.1 Å². The molecule has 0 fully saturated rings. The number of ether oxygens (including phenoxy) is 2. The summed E-state index contributed by atoms with van der Waals surface area (Å²) >= 11 is 0. The van der Waals surface area contributed by atoms with Gasteiger partial charge in [-0.3, -0.25) is 9.89 Å². The van der Waals surface area contributed by atoms with Crippen LogP contribution in [0.25, 0.3) is 5.76 Å². The van der Waals surface area contributed by atoms with Crippen LogP contribution in [-0.4, -0.2) is 33.2 Å². The third-order valence-electron chi connectivity index (χ3n) is 3.03. The molecule has 3 rings (SSSR count). The Hall–Kier alpha value is -3.55. The summed E-state index contributed by atoms with van der Waals surface area (Å²) in [6, 6.07) is 8.49. The Morgan fingerprint density at radius 3 is 2.83 bits per heavy atom. The first-order chi connectivity index (χ1) is 11.7. The molecule has 2 aromatic heterocycles. The molecule has 0 spiro atoms. The third kappa shape index (κ3) is 3.27. The Morgan fingerprint density at radius 1 is 1.33 bits per heavy atom. The zero-order valence-electron chi connectivity index (χ0n) is 12.6. The van der Waals surface area contributed by atoms with Gasteiger partial charge in [0.15, 0.2) is 28.8 Å². The van der Waals surface area contributed by atoms with Gasteiger partial charge in [0.25, 0.3) is 0 Å². The van der Waals surface area contributed by atoms with Gasteiger partial charge in [-0.2, -0.15) is 5.10 Å². The topological polar surface area (TPSA) is 110 Å². The van der Waals surface area contributed by atoms with E-state index in [1.54, 1.807) is 18.2 Å². The van der Waals surface area contributed by atoms with Crippen LogP contribution in [0.5, 0.6) is 17.2 Å². The number of carbonyl (C=O) groups is 1. The van der Waals surface area contributed by atoms with Gasteiger partial charge < -0.3 is 19.0 Å². The van der Waals surface area contributed by atoms with E-state index >= 15 is 0 Å². The Kier molecular flexibility index (Phi) is 4.28. The zero-order chi connectivity index (χ0) is 16.9. The van der Waals surface area contributed by atoms with Gasteiger partial charge in [0.1, 0.15) is 12.6 Å². The van der Waals surface area contributed by atoms with Crippen LogP contribution in [0.2, 0.25) is 0 Å². The molecule has 0 aliphatic heterocycles. The fraction of sp³-hybridized carbons (Fsp3) is 0.0625. The van der Waals surface area contributed by atoms with Crippen molar-refractivity contribution in [1.82, 2.24) is 15.2 Å². The number of hydrogen-bond acceptors (Lipinski definition) is 7. The van der Waals surface area contributed by atoms with Crippen molar-refractivity contribution in [3.8, 4) is 17.2 Å². The predicted molar refractivity (Wildman–Crippen MR) is 83.1 cm³/mol. The Morgan fingerprint density at radius 2 is 2.12 bits per heavy atom. The number of rotatable bonds is 6. The van der Waals surface area contributed by atoms with E-state index < -0.39 is 5.78 Å². The lowest BCUT2D eigenvalue weighted by atomic mass is 10.2. The van der Waals surface area contributed by atoms with Crippen LogP contribution in [0.1, 0.15) is 16.4 Å². The number of aliphatic hydroxyl groups is 1. The van der Waals surface area contributed by atoms with E-state index in [1.807, 2.05) is 6.07 Å². The summed E-state index contributed by atoms with van der Waals surface area (Å²) in [5.41, 5.74) is 0. The Balaban J connectivity index is 1.76. The molecule has 0 radical (unpaired) electrons. The molecule has 0 unspecified atom stereocenters. The molecule has 1 aromatic carbocycles. The normalized spacial score (nSPS) is 11.3. The summed E-state index contributed by atoms with van der Waals surface area (Å²) in [7, 11) is 1.53. The number of furan rings is 1. The van der Waals surface area contributed by atoms with E-state index in [1.165, 1.54) is 25.8 Å². The van der Waals surface area contributed by atoms with Crippen molar-refractivity contribution >= 4 is 11.5 Å². The second kappa shape index (κ2) is 6.69. The maximum absolute atomic E-state index is 12.1. The molecule has 0 bridgehead atoms. The predicted octanol–water partition coefficient (Wildman–Crippen LogP) is 2.98. The number of hydrogen-bond donors (Lipinski definition) is 2. The zero-order valence-corrected chi connectivity index (χ0v) is 12.6. The first kappa shape index (κ1) is 15.3. The molecule has 2 heterocycles. The lowest BCUT2D eigenvalue weighted by Gasteiger charge is -2.07. The summed E-state index contributed by atoms with van der Waals surface area (Å²) in [6.07, 6.45) is 3.54. The highest BCUT2D eigenvalue weighted by Crippen LogP contribution is 2.31. The minimum absolute atomic E-state index is 0.00184. The number of aromatic amines is 1. The van der Waals surface area contributed by atoms with Gasteiger partial charge in [0, 0.05) is 12.1 Å². The highest BCUT2D eigenvalue weighted by Gasteiger charge is 2.14. The SMILES string of the molecule is COc1ccccc1Oc1coc(C(=O)C=C(O)c2nc[nH]n2)c1. The summed E-state index contributed by atoms with van der Waals surface area (Å²) in [4.78, 5) is 15.8. The monoisotopic (exact) mass is 327 g/mol. The Bertz CT molecular complexity index is 867. The second-order valence-corrected chi connectivity index (χ2v) is 4.62. The molecular formula is C16H13N3O5. The van der Waals surface area contributed by atoms with E-state index in [-0.39, 0.29) is 17.3 Å². The number of nitrogens with zero attached hydrogens (tertiary/aromatic N) is 2. The summed E-state index contributed by atoms with van der Waals surface area (Å²) in [5, 5.41) is 15.9. The van der Waals surface area contributed by atoms with Crippen molar-refractivity contribution in [1.29, 1.82) is 0 Å². The molecule has 0 aliphatic carbocycles. The second-order valence-electron chi connectivity index (χ2n) is 4.62. The quantitative estimate of drug-likeness (QED) is 0.407. The molecular weight excluding hydrogens is 314 g/mol. The van der Waals surface area contributed by atoms with Crippen LogP contribution in [0, 0.1) is 0 Å². The van der Waals surface area contributed by atoms with Crippen molar-refractivity contribution in [3.63, 3.8) is 0 Å². The third-order valence-corrected chi connectivity index (χ3v) is 3.03. The number of aromatic nitrogens is 3. The average Bonchev–Trinajstić information content (AvgIpc) is 3.27. The van der Waals surface area contributed by atoms with Crippen LogP contribution in [0.4, 0.5) is 0 Å². The summed E-state index contributed by atoms with van der Waals surface area (Å²) < 4.78 is 16.0. The van der Waals surface area contributed by atoms with Crippen molar-refractivity contribution in [2.45, 2.75) is 0 Å². The number of para-hydroxylation sites is 2. The lowest BCUT2D eigenvalue weighted by Crippen LogP contribution is -1.96. The number of aliphatic hydroxyl groups excluding tert-OH is 1. The maximum Gasteiger partial charge on any atom is 0.224 e. The number of allylic oxidation sites excluding steroid dienone is 1. The smallest absolute Gasteiger partial charge is 0.224 e. The molecule has 122 valence electrons. The molecule has 0 amide bonds. The summed E-state index contributed by atoms with van der Waals surface area (Å²) in [6.45, 7) is 0. The van der Waals surface area contributed by atoms with E-state index in [2.05, 4.69) is 15.2 Å². The molecule has 8 nitrogen and oxygen atoms in total. The highest BCUT2D eigenvalue weighted by atomic mass is 16.5. The number of ketones is 1. The van der Waals surface area contributed by atoms with Crippen LogP contribution >= 0.6 is 0 Å². The first-order valence-electron chi connectivity index (χ1n) is 6.88. The van der Waals surface area contributed by atoms with E-state index in [9.17, 15) is 9.90 Å². The number of methoxy groups -OCH3 is 1. The maximum atomic E-state index is 12.1. The van der Waals surface area contributed by atoms with Gasteiger partial charge in [-0.15, -0.1) is 0 Å². The van der Waals surface area contributed by atoms with Crippen LogP contribution in [0.3, 0.4) is 0 Å². The van der Waals surface area contributed by atoms with Crippen LogP contribution < -0.4 is 9.47 Å². The highest BCUT2D eigenvalue weighted by molar-refractivity contribution is 6.05. The standard InChI is InChI=1S/C16H13N3O5/c1-22-13-4-2-3-5-14(13)24-10-6-15(23-8-10)11(20)7-12(21)16-17-9-18-19-16/h2-9,21H,1H3,(H,17,18,19). The lowest BCUT2D eigenvalue weighted by molar-refractivity contribution is 0.102. The average molecular weight is 327 g/mol. The molecule has 0 aliphatic rings. The van der Waals surface area contributed by atoms with Crippen molar-refractivity contribution < 1.29 is 23.8 Å². The number of carbonyl (C=O) groups excluding carboxylic acids is 1. The molecule has 0 saturated heterocycles. The molecule has 0 saturated carbocycles. The largest absolute Gasteiger partial charge is 0.504 e.